The maximum Gasteiger partial charge on any atom is 0.270 e. The number of rotatable bonds is 4. The Morgan fingerprint density at radius 3 is 2.42 bits per heavy atom. The van der Waals surface area contributed by atoms with Gasteiger partial charge in [0.05, 0.1) is 25.3 Å². The molecule has 7 heteroatoms. The van der Waals surface area contributed by atoms with Gasteiger partial charge in [-0.15, -0.1) is 0 Å². The number of fused-ring (bicyclic) bond motifs is 1. The molecule has 3 rings (SSSR count). The summed E-state index contributed by atoms with van der Waals surface area (Å²) in [5, 5.41) is 0. The molecule has 3 amide bonds. The van der Waals surface area contributed by atoms with Crippen LogP contribution < -0.4 is 15.2 Å². The van der Waals surface area contributed by atoms with E-state index in [4.69, 9.17) is 15.2 Å². The van der Waals surface area contributed by atoms with E-state index in [0.29, 0.717) is 22.0 Å². The number of carbonyl (C=O) groups is 3. The van der Waals surface area contributed by atoms with Crippen molar-refractivity contribution in [3.05, 3.63) is 59.2 Å². The second kappa shape index (κ2) is 6.72. The van der Waals surface area contributed by atoms with Crippen LogP contribution >= 0.6 is 0 Å². The number of ether oxygens (including phenoxy) is 2. The fourth-order valence-electron chi connectivity index (χ4n) is 2.71. The summed E-state index contributed by atoms with van der Waals surface area (Å²) in [5.41, 5.74) is 6.76. The molecule has 0 aromatic heterocycles. The van der Waals surface area contributed by atoms with Crippen LogP contribution in [0.2, 0.25) is 0 Å². The Labute approximate surface area is 149 Å². The second-order valence-corrected chi connectivity index (χ2v) is 5.50. The first-order valence-corrected chi connectivity index (χ1v) is 7.69. The quantitative estimate of drug-likeness (QED) is 0.514. The summed E-state index contributed by atoms with van der Waals surface area (Å²) < 4.78 is 10.3. The fraction of sp³-hybridized carbons (Fsp3) is 0.105. The molecule has 0 radical (unpaired) electrons. The van der Waals surface area contributed by atoms with Gasteiger partial charge in [-0.1, -0.05) is 12.1 Å². The van der Waals surface area contributed by atoms with Crippen molar-refractivity contribution in [2.75, 3.05) is 20.0 Å². The third kappa shape index (κ3) is 2.79. The lowest BCUT2D eigenvalue weighted by atomic mass is 10.1. The largest absolute Gasteiger partial charge is 0.493 e. The highest BCUT2D eigenvalue weighted by molar-refractivity contribution is 6.32. The van der Waals surface area contributed by atoms with Gasteiger partial charge in [0.15, 0.2) is 11.5 Å². The molecule has 26 heavy (non-hydrogen) atoms. The van der Waals surface area contributed by atoms with Crippen molar-refractivity contribution >= 4 is 29.5 Å². The highest BCUT2D eigenvalue weighted by Gasteiger charge is 2.40. The summed E-state index contributed by atoms with van der Waals surface area (Å²) >= 11 is 0. The lowest BCUT2D eigenvalue weighted by Gasteiger charge is -2.09. The maximum atomic E-state index is 12.4. The van der Waals surface area contributed by atoms with Crippen molar-refractivity contribution < 1.29 is 23.9 Å². The third-order valence-electron chi connectivity index (χ3n) is 3.99. The van der Waals surface area contributed by atoms with Crippen molar-refractivity contribution in [3.63, 3.8) is 0 Å². The third-order valence-corrected chi connectivity index (χ3v) is 3.99. The van der Waals surface area contributed by atoms with Crippen molar-refractivity contribution in [1.29, 1.82) is 0 Å². The molecule has 0 saturated heterocycles. The van der Waals surface area contributed by atoms with E-state index in [-0.39, 0.29) is 16.8 Å². The number of nitrogen functional groups attached to an aromatic ring is 1. The molecule has 132 valence electrons. The molecular formula is C19H16N2O5. The maximum absolute atomic E-state index is 12.4. The number of nitrogens with two attached hydrogens (primary N) is 1. The Bertz CT molecular complexity index is 949. The van der Waals surface area contributed by atoms with Gasteiger partial charge in [-0.25, -0.2) is 4.90 Å². The van der Waals surface area contributed by atoms with E-state index in [1.807, 2.05) is 0 Å². The number of nitrogens with zero attached hydrogens (tertiary/aromatic N) is 1. The SMILES string of the molecule is COc1ccc(C=CC(=O)N2C(=O)c3cccc(N)c3C2=O)cc1OC. The van der Waals surface area contributed by atoms with E-state index >= 15 is 0 Å². The number of amides is 3. The number of methoxy groups -OCH3 is 2. The Hall–Kier alpha value is -3.61. The van der Waals surface area contributed by atoms with Gasteiger partial charge in [-0.2, -0.15) is 0 Å². The Morgan fingerprint density at radius 1 is 1.04 bits per heavy atom. The van der Waals surface area contributed by atoms with Crippen molar-refractivity contribution in [1.82, 2.24) is 4.90 Å². The molecule has 1 aliphatic heterocycles. The zero-order valence-electron chi connectivity index (χ0n) is 14.2. The Balaban J connectivity index is 1.85. The predicted octanol–water partition coefficient (Wildman–Crippen LogP) is 2.12. The van der Waals surface area contributed by atoms with Crippen molar-refractivity contribution in [2.45, 2.75) is 0 Å². The number of imide groups is 3. The average molecular weight is 352 g/mol. The summed E-state index contributed by atoms with van der Waals surface area (Å²) in [6.45, 7) is 0. The number of hydrogen-bond donors (Lipinski definition) is 1. The van der Waals surface area contributed by atoms with E-state index in [1.54, 1.807) is 24.3 Å². The van der Waals surface area contributed by atoms with E-state index in [2.05, 4.69) is 0 Å². The van der Waals surface area contributed by atoms with Gasteiger partial charge in [0.1, 0.15) is 0 Å². The van der Waals surface area contributed by atoms with Crippen LogP contribution in [0.5, 0.6) is 11.5 Å². The Morgan fingerprint density at radius 2 is 1.77 bits per heavy atom. The molecular weight excluding hydrogens is 336 g/mol. The van der Waals surface area contributed by atoms with Crippen LogP contribution in [0.1, 0.15) is 26.3 Å². The molecule has 1 aliphatic rings. The Kier molecular flexibility index (Phi) is 4.45. The summed E-state index contributed by atoms with van der Waals surface area (Å²) in [6, 6.07) is 9.61. The van der Waals surface area contributed by atoms with Crippen LogP contribution in [0.25, 0.3) is 6.08 Å². The number of carbonyl (C=O) groups excluding carboxylic acids is 3. The smallest absolute Gasteiger partial charge is 0.270 e. The second-order valence-electron chi connectivity index (χ2n) is 5.50. The topological polar surface area (TPSA) is 98.9 Å². The first-order chi connectivity index (χ1) is 12.5. The van der Waals surface area contributed by atoms with Gasteiger partial charge in [-0.05, 0) is 35.9 Å². The first kappa shape index (κ1) is 17.2. The number of hydrogen-bond acceptors (Lipinski definition) is 6. The zero-order valence-corrected chi connectivity index (χ0v) is 14.2. The normalized spacial score (nSPS) is 13.2. The van der Waals surface area contributed by atoms with E-state index < -0.39 is 17.7 Å². The van der Waals surface area contributed by atoms with Crippen LogP contribution in [-0.2, 0) is 4.79 Å². The van der Waals surface area contributed by atoms with Crippen LogP contribution in [0.15, 0.2) is 42.5 Å². The molecule has 0 bridgehead atoms. The highest BCUT2D eigenvalue weighted by Crippen LogP contribution is 2.29. The molecule has 2 aromatic rings. The van der Waals surface area contributed by atoms with Crippen LogP contribution in [0, 0.1) is 0 Å². The van der Waals surface area contributed by atoms with Gasteiger partial charge < -0.3 is 15.2 Å². The van der Waals surface area contributed by atoms with E-state index in [0.717, 1.165) is 6.08 Å². The lowest BCUT2D eigenvalue weighted by molar-refractivity contribution is -0.121. The van der Waals surface area contributed by atoms with Crippen molar-refractivity contribution in [2.24, 2.45) is 0 Å². The molecule has 1 heterocycles. The lowest BCUT2D eigenvalue weighted by Crippen LogP contribution is -2.34. The van der Waals surface area contributed by atoms with Gasteiger partial charge >= 0.3 is 0 Å². The van der Waals surface area contributed by atoms with E-state index in [9.17, 15) is 14.4 Å². The molecule has 0 fully saturated rings. The molecule has 0 spiro atoms. The summed E-state index contributed by atoms with van der Waals surface area (Å²) in [5.74, 6) is -1.10. The number of benzene rings is 2. The molecule has 0 unspecified atom stereocenters. The molecule has 2 N–H and O–H groups in total. The van der Waals surface area contributed by atoms with Gasteiger partial charge in [0.2, 0.25) is 0 Å². The van der Waals surface area contributed by atoms with Gasteiger partial charge in [0, 0.05) is 11.8 Å². The monoisotopic (exact) mass is 352 g/mol. The first-order valence-electron chi connectivity index (χ1n) is 7.69. The van der Waals surface area contributed by atoms with Gasteiger partial charge in [0.25, 0.3) is 17.7 Å². The van der Waals surface area contributed by atoms with Gasteiger partial charge in [-0.3, -0.25) is 14.4 Å². The molecule has 0 atom stereocenters. The minimum atomic E-state index is -0.745. The highest BCUT2D eigenvalue weighted by atomic mass is 16.5. The molecule has 0 saturated carbocycles. The average Bonchev–Trinajstić information content (AvgIpc) is 2.91. The predicted molar refractivity (Wildman–Crippen MR) is 94.9 cm³/mol. The van der Waals surface area contributed by atoms with Crippen LogP contribution in [0.4, 0.5) is 5.69 Å². The summed E-state index contributed by atoms with van der Waals surface area (Å²) in [6.07, 6.45) is 2.64. The summed E-state index contributed by atoms with van der Waals surface area (Å²) in [4.78, 5) is 37.7. The van der Waals surface area contributed by atoms with Crippen LogP contribution in [-0.4, -0.2) is 36.8 Å². The zero-order chi connectivity index (χ0) is 18.8. The summed E-state index contributed by atoms with van der Waals surface area (Å²) in [7, 11) is 3.02. The van der Waals surface area contributed by atoms with E-state index in [1.165, 1.54) is 32.4 Å². The van der Waals surface area contributed by atoms with Crippen molar-refractivity contribution in [3.8, 4) is 11.5 Å². The molecule has 7 nitrogen and oxygen atoms in total. The number of anilines is 1. The minimum Gasteiger partial charge on any atom is -0.493 e. The standard InChI is InChI=1S/C19H16N2O5/c1-25-14-8-6-11(10-15(14)26-2)7-9-16(22)21-18(23)12-4-3-5-13(20)17(12)19(21)24/h3-10H,20H2,1-2H3. The molecule has 0 aliphatic carbocycles. The fourth-order valence-corrected chi connectivity index (χ4v) is 2.71. The minimum absolute atomic E-state index is 0.0605. The molecule has 2 aromatic carbocycles. The van der Waals surface area contributed by atoms with Crippen LogP contribution in [0.3, 0.4) is 0 Å².